The van der Waals surface area contributed by atoms with Gasteiger partial charge in [-0.3, -0.25) is 0 Å². The summed E-state index contributed by atoms with van der Waals surface area (Å²) in [7, 11) is -3.60. The van der Waals surface area contributed by atoms with Crippen molar-refractivity contribution >= 4 is 10.0 Å². The van der Waals surface area contributed by atoms with Crippen molar-refractivity contribution in [2.75, 3.05) is 13.2 Å². The maximum Gasteiger partial charge on any atom is 0.240 e. The van der Waals surface area contributed by atoms with Gasteiger partial charge in [0.2, 0.25) is 10.0 Å². The van der Waals surface area contributed by atoms with Crippen LogP contribution in [0.1, 0.15) is 18.9 Å². The number of para-hydroxylation sites is 1. The number of hydrogen-bond donors (Lipinski definition) is 1. The number of rotatable bonds is 8. The van der Waals surface area contributed by atoms with Crippen LogP contribution in [0.5, 0.6) is 5.75 Å². The Balaban J connectivity index is 1.89. The molecule has 2 rings (SSSR count). The van der Waals surface area contributed by atoms with Crippen LogP contribution in [-0.4, -0.2) is 21.6 Å². The molecule has 6 heteroatoms. The van der Waals surface area contributed by atoms with Crippen LogP contribution in [0.4, 0.5) is 4.39 Å². The molecule has 0 fully saturated rings. The monoisotopic (exact) mass is 337 g/mol. The zero-order chi connectivity index (χ0) is 16.7. The van der Waals surface area contributed by atoms with Crippen molar-refractivity contribution in [2.45, 2.75) is 24.7 Å². The summed E-state index contributed by atoms with van der Waals surface area (Å²) in [6.07, 6.45) is 1.35. The lowest BCUT2D eigenvalue weighted by Crippen LogP contribution is -2.25. The van der Waals surface area contributed by atoms with Gasteiger partial charge in [-0.15, -0.1) is 0 Å². The van der Waals surface area contributed by atoms with Gasteiger partial charge < -0.3 is 4.74 Å². The van der Waals surface area contributed by atoms with E-state index in [9.17, 15) is 12.8 Å². The second-order valence-electron chi connectivity index (χ2n) is 5.00. The van der Waals surface area contributed by atoms with E-state index < -0.39 is 15.8 Å². The molecule has 124 valence electrons. The fourth-order valence-electron chi connectivity index (χ4n) is 2.19. The largest absolute Gasteiger partial charge is 0.494 e. The fourth-order valence-corrected chi connectivity index (χ4v) is 3.26. The number of aryl methyl sites for hydroxylation is 1. The minimum absolute atomic E-state index is 0.0635. The lowest BCUT2D eigenvalue weighted by molar-refractivity contribution is 0.336. The van der Waals surface area contributed by atoms with Gasteiger partial charge in [0.25, 0.3) is 0 Å². The summed E-state index contributed by atoms with van der Waals surface area (Å²) in [5, 5.41) is 0. The number of nitrogens with one attached hydrogen (secondary N) is 1. The third-order valence-corrected chi connectivity index (χ3v) is 4.79. The second kappa shape index (κ2) is 8.08. The van der Waals surface area contributed by atoms with E-state index in [2.05, 4.69) is 4.72 Å². The van der Waals surface area contributed by atoms with Gasteiger partial charge in [0.15, 0.2) is 0 Å². The highest BCUT2D eigenvalue weighted by Gasteiger charge is 2.13. The summed E-state index contributed by atoms with van der Waals surface area (Å²) in [6, 6.07) is 12.5. The third kappa shape index (κ3) is 5.04. The molecule has 0 aromatic heterocycles. The summed E-state index contributed by atoms with van der Waals surface area (Å²) in [6.45, 7) is 2.82. The quantitative estimate of drug-likeness (QED) is 0.753. The molecule has 0 heterocycles. The van der Waals surface area contributed by atoms with E-state index in [-0.39, 0.29) is 4.90 Å². The highest BCUT2D eigenvalue weighted by Crippen LogP contribution is 2.19. The molecule has 0 aliphatic heterocycles. The molecule has 0 bridgehead atoms. The van der Waals surface area contributed by atoms with Crippen LogP contribution >= 0.6 is 0 Å². The van der Waals surface area contributed by atoms with E-state index in [0.29, 0.717) is 26.0 Å². The molecule has 0 radical (unpaired) electrons. The molecule has 23 heavy (non-hydrogen) atoms. The van der Waals surface area contributed by atoms with Crippen LogP contribution in [0.3, 0.4) is 0 Å². The lowest BCUT2D eigenvalue weighted by Gasteiger charge is -2.10. The molecule has 2 aromatic rings. The van der Waals surface area contributed by atoms with Crippen LogP contribution in [0.15, 0.2) is 53.4 Å². The molecular formula is C17H20FNO3S. The molecule has 0 saturated heterocycles. The van der Waals surface area contributed by atoms with Crippen molar-refractivity contribution in [1.82, 2.24) is 4.72 Å². The van der Waals surface area contributed by atoms with Gasteiger partial charge in [-0.25, -0.2) is 17.5 Å². The van der Waals surface area contributed by atoms with Crippen LogP contribution in [-0.2, 0) is 16.4 Å². The normalized spacial score (nSPS) is 11.4. The average Bonchev–Trinajstić information content (AvgIpc) is 2.54. The minimum atomic E-state index is -3.60. The van der Waals surface area contributed by atoms with Crippen LogP contribution in [0.2, 0.25) is 0 Å². The Morgan fingerprint density at radius 1 is 1.09 bits per heavy atom. The van der Waals surface area contributed by atoms with E-state index >= 15 is 0 Å². The van der Waals surface area contributed by atoms with E-state index in [1.165, 1.54) is 12.1 Å². The topological polar surface area (TPSA) is 55.4 Å². The Kier molecular flexibility index (Phi) is 6.12. The molecule has 0 unspecified atom stereocenters. The molecule has 4 nitrogen and oxygen atoms in total. The average molecular weight is 337 g/mol. The standard InChI is InChI=1S/C17H20FNO3S/c1-2-22-17-8-4-3-6-14(17)7-5-13-19-23(20,21)16-11-9-15(18)10-12-16/h3-4,6,8-12,19H,2,5,7,13H2,1H3. The Hall–Kier alpha value is -1.92. The van der Waals surface area contributed by atoms with E-state index in [0.717, 1.165) is 23.4 Å². The molecule has 0 spiro atoms. The third-order valence-electron chi connectivity index (χ3n) is 3.31. The summed E-state index contributed by atoms with van der Waals surface area (Å²) in [5.41, 5.74) is 1.05. The van der Waals surface area contributed by atoms with Gasteiger partial charge in [0, 0.05) is 6.54 Å². The van der Waals surface area contributed by atoms with Crippen molar-refractivity contribution in [1.29, 1.82) is 0 Å². The van der Waals surface area contributed by atoms with Crippen LogP contribution in [0.25, 0.3) is 0 Å². The van der Waals surface area contributed by atoms with Gasteiger partial charge in [0.1, 0.15) is 11.6 Å². The van der Waals surface area contributed by atoms with E-state index in [1.807, 2.05) is 31.2 Å². The highest BCUT2D eigenvalue weighted by atomic mass is 32.2. The first-order valence-electron chi connectivity index (χ1n) is 7.49. The first-order valence-corrected chi connectivity index (χ1v) is 8.97. The van der Waals surface area contributed by atoms with E-state index in [1.54, 1.807) is 0 Å². The molecule has 1 N–H and O–H groups in total. The Bertz CT molecular complexity index is 730. The Morgan fingerprint density at radius 3 is 2.48 bits per heavy atom. The van der Waals surface area contributed by atoms with Gasteiger partial charge in [0.05, 0.1) is 11.5 Å². The molecule has 0 saturated carbocycles. The van der Waals surface area contributed by atoms with Gasteiger partial charge >= 0.3 is 0 Å². The SMILES string of the molecule is CCOc1ccccc1CCCNS(=O)(=O)c1ccc(F)cc1. The Labute approximate surface area is 136 Å². The maximum atomic E-state index is 12.8. The number of benzene rings is 2. The van der Waals surface area contributed by atoms with Crippen molar-refractivity contribution in [3.8, 4) is 5.75 Å². The van der Waals surface area contributed by atoms with Crippen LogP contribution < -0.4 is 9.46 Å². The molecule has 2 aromatic carbocycles. The van der Waals surface area contributed by atoms with Crippen molar-refractivity contribution in [3.05, 3.63) is 59.9 Å². The smallest absolute Gasteiger partial charge is 0.240 e. The molecule has 0 atom stereocenters. The summed E-state index contributed by atoms with van der Waals surface area (Å²) in [5.74, 6) is 0.368. The first kappa shape index (κ1) is 17.4. The fraction of sp³-hybridized carbons (Fsp3) is 0.294. The summed E-state index contributed by atoms with van der Waals surface area (Å²) in [4.78, 5) is 0.0635. The zero-order valence-electron chi connectivity index (χ0n) is 13.0. The van der Waals surface area contributed by atoms with Crippen molar-refractivity contribution in [2.24, 2.45) is 0 Å². The highest BCUT2D eigenvalue weighted by molar-refractivity contribution is 7.89. The van der Waals surface area contributed by atoms with Crippen molar-refractivity contribution in [3.63, 3.8) is 0 Å². The number of ether oxygens (including phenoxy) is 1. The van der Waals surface area contributed by atoms with Crippen molar-refractivity contribution < 1.29 is 17.5 Å². The second-order valence-corrected chi connectivity index (χ2v) is 6.76. The summed E-state index contributed by atoms with van der Waals surface area (Å²) >= 11 is 0. The van der Waals surface area contributed by atoms with Crippen LogP contribution in [0, 0.1) is 5.82 Å². The lowest BCUT2D eigenvalue weighted by atomic mass is 10.1. The first-order chi connectivity index (χ1) is 11.0. The molecular weight excluding hydrogens is 317 g/mol. The minimum Gasteiger partial charge on any atom is -0.494 e. The maximum absolute atomic E-state index is 12.8. The van der Waals surface area contributed by atoms with Gasteiger partial charge in [-0.1, -0.05) is 18.2 Å². The predicted molar refractivity (Wildman–Crippen MR) is 87.5 cm³/mol. The number of sulfonamides is 1. The zero-order valence-corrected chi connectivity index (χ0v) is 13.8. The van der Waals surface area contributed by atoms with Gasteiger partial charge in [-0.05, 0) is 55.7 Å². The Morgan fingerprint density at radius 2 is 1.78 bits per heavy atom. The predicted octanol–water partition coefficient (Wildman–Crippen LogP) is 3.14. The molecule has 0 amide bonds. The van der Waals surface area contributed by atoms with Gasteiger partial charge in [-0.2, -0.15) is 0 Å². The summed E-state index contributed by atoms with van der Waals surface area (Å²) < 4.78 is 45.0. The molecule has 0 aliphatic carbocycles. The number of hydrogen-bond acceptors (Lipinski definition) is 3. The number of halogens is 1. The van der Waals surface area contributed by atoms with E-state index in [4.69, 9.17) is 4.74 Å². The molecule has 0 aliphatic rings.